The van der Waals surface area contributed by atoms with Crippen LogP contribution >= 0.6 is 0 Å². The normalized spacial score (nSPS) is 11.5. The fourth-order valence-corrected chi connectivity index (χ4v) is 2.12. The molecule has 112 valence electrons. The van der Waals surface area contributed by atoms with E-state index in [1.807, 2.05) is 0 Å². The first-order valence-corrected chi connectivity index (χ1v) is 7.99. The van der Waals surface area contributed by atoms with Crippen molar-refractivity contribution in [2.75, 3.05) is 0 Å². The lowest BCUT2D eigenvalue weighted by atomic mass is 10.0. The summed E-state index contributed by atoms with van der Waals surface area (Å²) in [7, 11) is 0. The van der Waals surface area contributed by atoms with Crippen LogP contribution in [0.15, 0.2) is 12.2 Å². The average Bonchev–Trinajstić information content (AvgIpc) is 2.34. The largest absolute Gasteiger partial charge is 0.481 e. The Balaban J connectivity index is 3.10. The van der Waals surface area contributed by atoms with Crippen molar-refractivity contribution in [3.63, 3.8) is 0 Å². The molecule has 0 unspecified atom stereocenters. The number of unbranched alkanes of at least 4 members (excludes halogenated alkanes) is 7. The number of rotatable bonds is 13. The first kappa shape index (κ1) is 18.2. The van der Waals surface area contributed by atoms with Crippen molar-refractivity contribution >= 4 is 5.97 Å². The molecule has 19 heavy (non-hydrogen) atoms. The summed E-state index contributed by atoms with van der Waals surface area (Å²) in [6, 6.07) is 0. The summed E-state index contributed by atoms with van der Waals surface area (Å²) in [5.74, 6) is 0.172. The van der Waals surface area contributed by atoms with Crippen LogP contribution in [0.2, 0.25) is 0 Å². The highest BCUT2D eigenvalue weighted by atomic mass is 16.4. The number of hydrogen-bond donors (Lipinski definition) is 1. The van der Waals surface area contributed by atoms with Crippen LogP contribution in [0.25, 0.3) is 0 Å². The third-order valence-electron chi connectivity index (χ3n) is 3.33. The molecule has 0 aliphatic heterocycles. The Morgan fingerprint density at radius 1 is 0.895 bits per heavy atom. The Bertz CT molecular complexity index is 231. The summed E-state index contributed by atoms with van der Waals surface area (Å²) in [4.78, 5) is 10.3. The SMILES string of the molecule is CC(C)CCCCCCC/C=C\CCCCC(=O)O. The van der Waals surface area contributed by atoms with Crippen LogP contribution in [0.4, 0.5) is 0 Å². The fraction of sp³-hybridized carbons (Fsp3) is 0.824. The third-order valence-corrected chi connectivity index (χ3v) is 3.33. The van der Waals surface area contributed by atoms with E-state index in [2.05, 4.69) is 26.0 Å². The van der Waals surface area contributed by atoms with Gasteiger partial charge in [-0.15, -0.1) is 0 Å². The van der Waals surface area contributed by atoms with Gasteiger partial charge >= 0.3 is 5.97 Å². The van der Waals surface area contributed by atoms with E-state index in [1.54, 1.807) is 0 Å². The Kier molecular flexibility index (Phi) is 13.1. The molecule has 0 saturated heterocycles. The van der Waals surface area contributed by atoms with E-state index in [0.717, 1.165) is 25.2 Å². The Morgan fingerprint density at radius 3 is 2.00 bits per heavy atom. The molecule has 0 heterocycles. The molecule has 0 atom stereocenters. The predicted molar refractivity (Wildman–Crippen MR) is 82.4 cm³/mol. The minimum atomic E-state index is -0.679. The summed E-state index contributed by atoms with van der Waals surface area (Å²) in [6.07, 6.45) is 17.0. The van der Waals surface area contributed by atoms with Crippen LogP contribution < -0.4 is 0 Å². The van der Waals surface area contributed by atoms with Gasteiger partial charge in [-0.2, -0.15) is 0 Å². The summed E-state index contributed by atoms with van der Waals surface area (Å²) in [5.41, 5.74) is 0. The molecule has 0 saturated carbocycles. The van der Waals surface area contributed by atoms with E-state index < -0.39 is 5.97 Å². The second-order valence-corrected chi connectivity index (χ2v) is 5.85. The quantitative estimate of drug-likeness (QED) is 0.350. The van der Waals surface area contributed by atoms with Crippen LogP contribution in [0.5, 0.6) is 0 Å². The Labute approximate surface area is 119 Å². The van der Waals surface area contributed by atoms with Crippen molar-refractivity contribution in [2.24, 2.45) is 5.92 Å². The molecule has 0 radical (unpaired) electrons. The lowest BCUT2D eigenvalue weighted by Crippen LogP contribution is -1.92. The summed E-state index contributed by atoms with van der Waals surface area (Å²) in [6.45, 7) is 4.59. The second-order valence-electron chi connectivity index (χ2n) is 5.85. The first-order valence-electron chi connectivity index (χ1n) is 7.99. The molecule has 0 aromatic carbocycles. The van der Waals surface area contributed by atoms with Gasteiger partial charge < -0.3 is 5.11 Å². The molecule has 2 heteroatoms. The van der Waals surface area contributed by atoms with Crippen molar-refractivity contribution in [2.45, 2.75) is 84.5 Å². The molecule has 1 N–H and O–H groups in total. The highest BCUT2D eigenvalue weighted by molar-refractivity contribution is 5.66. The number of carboxylic acid groups (broad SMARTS) is 1. The minimum absolute atomic E-state index is 0.310. The summed E-state index contributed by atoms with van der Waals surface area (Å²) >= 11 is 0. The highest BCUT2D eigenvalue weighted by Crippen LogP contribution is 2.11. The van der Waals surface area contributed by atoms with Crippen molar-refractivity contribution in [3.8, 4) is 0 Å². The zero-order valence-corrected chi connectivity index (χ0v) is 12.9. The molecule has 0 aliphatic rings. The monoisotopic (exact) mass is 268 g/mol. The van der Waals surface area contributed by atoms with Gasteiger partial charge in [-0.1, -0.05) is 58.1 Å². The van der Waals surface area contributed by atoms with Crippen LogP contribution in [-0.4, -0.2) is 11.1 Å². The topological polar surface area (TPSA) is 37.3 Å². The van der Waals surface area contributed by atoms with Crippen LogP contribution in [0.3, 0.4) is 0 Å². The van der Waals surface area contributed by atoms with Crippen LogP contribution in [0.1, 0.15) is 84.5 Å². The number of carboxylic acids is 1. The number of hydrogen-bond acceptors (Lipinski definition) is 1. The molecule has 0 bridgehead atoms. The number of aliphatic carboxylic acids is 1. The molecule has 0 aliphatic carbocycles. The summed E-state index contributed by atoms with van der Waals surface area (Å²) < 4.78 is 0. The molecule has 2 nitrogen and oxygen atoms in total. The van der Waals surface area contributed by atoms with Gasteiger partial charge in [0, 0.05) is 6.42 Å². The zero-order chi connectivity index (χ0) is 14.3. The molecule has 0 aromatic rings. The Morgan fingerprint density at radius 2 is 1.42 bits per heavy atom. The molecule has 0 aromatic heterocycles. The smallest absolute Gasteiger partial charge is 0.303 e. The van der Waals surface area contributed by atoms with E-state index in [0.29, 0.717) is 6.42 Å². The van der Waals surface area contributed by atoms with Gasteiger partial charge in [0.1, 0.15) is 0 Å². The van der Waals surface area contributed by atoms with Crippen molar-refractivity contribution in [1.82, 2.24) is 0 Å². The third kappa shape index (κ3) is 17.2. The van der Waals surface area contributed by atoms with E-state index in [1.165, 1.54) is 44.9 Å². The standard InChI is InChI=1S/C17H32O2/c1-16(2)14-12-10-8-6-4-3-5-7-9-11-13-15-17(18)19/h5,7,16H,3-4,6,8-15H2,1-2H3,(H,18,19)/b7-5-. The molecule has 0 spiro atoms. The highest BCUT2D eigenvalue weighted by Gasteiger charge is 1.95. The maximum atomic E-state index is 10.3. The van der Waals surface area contributed by atoms with Gasteiger partial charge in [-0.05, 0) is 38.0 Å². The molecule has 0 amide bonds. The average molecular weight is 268 g/mol. The molecule has 0 rings (SSSR count). The van der Waals surface area contributed by atoms with E-state index in [-0.39, 0.29) is 0 Å². The summed E-state index contributed by atoms with van der Waals surface area (Å²) in [5, 5.41) is 8.49. The van der Waals surface area contributed by atoms with Gasteiger partial charge in [0.2, 0.25) is 0 Å². The maximum Gasteiger partial charge on any atom is 0.303 e. The van der Waals surface area contributed by atoms with Crippen molar-refractivity contribution in [3.05, 3.63) is 12.2 Å². The number of carbonyl (C=O) groups is 1. The van der Waals surface area contributed by atoms with Gasteiger partial charge in [0.05, 0.1) is 0 Å². The zero-order valence-electron chi connectivity index (χ0n) is 12.9. The molecule has 0 fully saturated rings. The van der Waals surface area contributed by atoms with Gasteiger partial charge in [-0.3, -0.25) is 4.79 Å². The van der Waals surface area contributed by atoms with Crippen LogP contribution in [0, 0.1) is 5.92 Å². The first-order chi connectivity index (χ1) is 9.13. The fourth-order valence-electron chi connectivity index (χ4n) is 2.12. The van der Waals surface area contributed by atoms with Gasteiger partial charge in [0.15, 0.2) is 0 Å². The minimum Gasteiger partial charge on any atom is -0.481 e. The van der Waals surface area contributed by atoms with Crippen molar-refractivity contribution < 1.29 is 9.90 Å². The Hall–Kier alpha value is -0.790. The molecular weight excluding hydrogens is 236 g/mol. The maximum absolute atomic E-state index is 10.3. The van der Waals surface area contributed by atoms with E-state index in [9.17, 15) is 4.79 Å². The van der Waals surface area contributed by atoms with Crippen LogP contribution in [-0.2, 0) is 4.79 Å². The van der Waals surface area contributed by atoms with Gasteiger partial charge in [0.25, 0.3) is 0 Å². The van der Waals surface area contributed by atoms with Crippen molar-refractivity contribution in [1.29, 1.82) is 0 Å². The molecular formula is C17H32O2. The van der Waals surface area contributed by atoms with Gasteiger partial charge in [-0.25, -0.2) is 0 Å². The van der Waals surface area contributed by atoms with E-state index in [4.69, 9.17) is 5.11 Å². The van der Waals surface area contributed by atoms with E-state index >= 15 is 0 Å². The number of allylic oxidation sites excluding steroid dienone is 2. The second kappa shape index (κ2) is 13.6. The predicted octanol–water partition coefficient (Wildman–Crippen LogP) is 5.57. The lowest BCUT2D eigenvalue weighted by Gasteiger charge is -2.03. The lowest BCUT2D eigenvalue weighted by molar-refractivity contribution is -0.137.